The van der Waals surface area contributed by atoms with Gasteiger partial charge < -0.3 is 4.74 Å². The van der Waals surface area contributed by atoms with Crippen molar-refractivity contribution in [2.75, 3.05) is 7.11 Å². The predicted octanol–water partition coefficient (Wildman–Crippen LogP) is 1.10. The van der Waals surface area contributed by atoms with Crippen LogP contribution in [-0.4, -0.2) is 7.11 Å². The van der Waals surface area contributed by atoms with Crippen LogP contribution in [0.3, 0.4) is 0 Å². The summed E-state index contributed by atoms with van der Waals surface area (Å²) in [5.74, 6) is 0. The zero-order valence-electron chi connectivity index (χ0n) is 4.56. The lowest BCUT2D eigenvalue weighted by molar-refractivity contribution is 0.230. The lowest BCUT2D eigenvalue weighted by Gasteiger charge is -1.96. The summed E-state index contributed by atoms with van der Waals surface area (Å²) in [6.45, 7) is 1.88. The van der Waals surface area contributed by atoms with Crippen LogP contribution in [0.25, 0.3) is 0 Å². The summed E-state index contributed by atoms with van der Waals surface area (Å²) in [6.07, 6.45) is 1.17. The molecule has 1 radical (unpaired) electrons. The van der Waals surface area contributed by atoms with Gasteiger partial charge in [-0.05, 0) is 6.42 Å². The fourth-order valence-electron chi connectivity index (χ4n) is 0.269. The third kappa shape index (κ3) is 2.18. The van der Waals surface area contributed by atoms with E-state index in [1.165, 1.54) is 7.11 Å². The Kier molecular flexibility index (Phi) is 3.35. The SMILES string of the molecule is CC[C](C#N)OC. The number of rotatable bonds is 2. The van der Waals surface area contributed by atoms with Crippen LogP contribution in [0, 0.1) is 17.4 Å². The molecule has 0 aliphatic carbocycles. The molecule has 0 aromatic carbocycles. The Bertz CT molecular complexity index is 70.6. The van der Waals surface area contributed by atoms with E-state index >= 15 is 0 Å². The smallest absolute Gasteiger partial charge is 0.195 e. The highest BCUT2D eigenvalue weighted by Crippen LogP contribution is 2.01. The molecule has 0 atom stereocenters. The van der Waals surface area contributed by atoms with Crippen molar-refractivity contribution in [3.05, 3.63) is 6.10 Å². The van der Waals surface area contributed by atoms with Crippen LogP contribution < -0.4 is 0 Å². The molecule has 0 rings (SSSR count). The summed E-state index contributed by atoms with van der Waals surface area (Å²) >= 11 is 0. The first kappa shape index (κ1) is 6.45. The van der Waals surface area contributed by atoms with E-state index in [2.05, 4.69) is 4.74 Å². The molecule has 7 heavy (non-hydrogen) atoms. The molecule has 0 saturated carbocycles. The van der Waals surface area contributed by atoms with Crippen molar-refractivity contribution in [2.45, 2.75) is 13.3 Å². The van der Waals surface area contributed by atoms with Gasteiger partial charge in [0.2, 0.25) is 0 Å². The number of hydrogen-bond donors (Lipinski definition) is 0. The van der Waals surface area contributed by atoms with Crippen LogP contribution in [0.15, 0.2) is 0 Å². The van der Waals surface area contributed by atoms with Crippen LogP contribution in [0.1, 0.15) is 13.3 Å². The summed E-state index contributed by atoms with van der Waals surface area (Å²) in [5.41, 5.74) is 0. The first-order valence-electron chi connectivity index (χ1n) is 2.15. The minimum absolute atomic E-state index is 0.486. The Hall–Kier alpha value is -0.550. The number of methoxy groups -OCH3 is 1. The molecule has 0 amide bonds. The van der Waals surface area contributed by atoms with Crippen molar-refractivity contribution < 1.29 is 4.74 Å². The third-order valence-electron chi connectivity index (χ3n) is 0.692. The lowest BCUT2D eigenvalue weighted by Crippen LogP contribution is -1.92. The van der Waals surface area contributed by atoms with Crippen molar-refractivity contribution in [3.8, 4) is 6.07 Å². The molecule has 0 aliphatic rings. The van der Waals surface area contributed by atoms with E-state index in [0.29, 0.717) is 12.5 Å². The highest BCUT2D eigenvalue weighted by Gasteiger charge is 1.99. The second-order valence-electron chi connectivity index (χ2n) is 1.09. The maximum absolute atomic E-state index is 8.11. The van der Waals surface area contributed by atoms with Crippen molar-refractivity contribution in [3.63, 3.8) is 0 Å². The van der Waals surface area contributed by atoms with Crippen LogP contribution in [0.4, 0.5) is 0 Å². The van der Waals surface area contributed by atoms with E-state index in [4.69, 9.17) is 5.26 Å². The minimum Gasteiger partial charge on any atom is -0.359 e. The Balaban J connectivity index is 3.23. The number of nitriles is 1. The fraction of sp³-hybridized carbons (Fsp3) is 0.600. The summed E-state index contributed by atoms with van der Waals surface area (Å²) < 4.78 is 4.60. The predicted molar refractivity (Wildman–Crippen MR) is 26.2 cm³/mol. The molecule has 39 valence electrons. The molecule has 0 bridgehead atoms. The second kappa shape index (κ2) is 3.63. The molecule has 0 aliphatic heterocycles. The topological polar surface area (TPSA) is 33.0 Å². The van der Waals surface area contributed by atoms with Gasteiger partial charge in [0, 0.05) is 7.11 Å². The van der Waals surface area contributed by atoms with Crippen molar-refractivity contribution in [2.24, 2.45) is 0 Å². The molecule has 2 heteroatoms. The first-order valence-corrected chi connectivity index (χ1v) is 2.15. The highest BCUT2D eigenvalue weighted by molar-refractivity contribution is 5.00. The normalized spacial score (nSPS) is 8.86. The summed E-state index contributed by atoms with van der Waals surface area (Å²) in [7, 11) is 1.50. The van der Waals surface area contributed by atoms with Gasteiger partial charge >= 0.3 is 0 Å². The maximum Gasteiger partial charge on any atom is 0.195 e. The molecular formula is C5H8NO. The van der Waals surface area contributed by atoms with Crippen LogP contribution in [0.2, 0.25) is 0 Å². The Morgan fingerprint density at radius 1 is 1.86 bits per heavy atom. The highest BCUT2D eigenvalue weighted by atomic mass is 16.5. The molecule has 0 heterocycles. The van der Waals surface area contributed by atoms with Crippen LogP contribution in [0.5, 0.6) is 0 Å². The largest absolute Gasteiger partial charge is 0.359 e. The van der Waals surface area contributed by atoms with Gasteiger partial charge in [0.25, 0.3) is 0 Å². The molecule has 2 nitrogen and oxygen atoms in total. The maximum atomic E-state index is 8.11. The van der Waals surface area contributed by atoms with Crippen molar-refractivity contribution in [1.29, 1.82) is 5.26 Å². The molecule has 0 saturated heterocycles. The van der Waals surface area contributed by atoms with Crippen molar-refractivity contribution in [1.82, 2.24) is 0 Å². The number of nitrogens with zero attached hydrogens (tertiary/aromatic N) is 1. The number of hydrogen-bond acceptors (Lipinski definition) is 2. The van der Waals surface area contributed by atoms with Gasteiger partial charge in [0.1, 0.15) is 6.07 Å². The number of ether oxygens (including phenoxy) is 1. The van der Waals surface area contributed by atoms with E-state index < -0.39 is 0 Å². The monoisotopic (exact) mass is 98.1 g/mol. The zero-order chi connectivity index (χ0) is 5.70. The van der Waals surface area contributed by atoms with Crippen LogP contribution in [-0.2, 0) is 4.74 Å². The zero-order valence-corrected chi connectivity index (χ0v) is 4.56. The van der Waals surface area contributed by atoms with E-state index in [-0.39, 0.29) is 0 Å². The average Bonchev–Trinajstić information content (AvgIpc) is 1.72. The standard InChI is InChI=1S/C5H8NO/c1-3-5(4-6)7-2/h3H2,1-2H3. The summed E-state index contributed by atoms with van der Waals surface area (Å²) in [5, 5.41) is 8.11. The molecule has 0 fully saturated rings. The van der Waals surface area contributed by atoms with Gasteiger partial charge in [0.15, 0.2) is 6.10 Å². The molecular weight excluding hydrogens is 90.1 g/mol. The van der Waals surface area contributed by atoms with E-state index in [1.54, 1.807) is 0 Å². The van der Waals surface area contributed by atoms with Gasteiger partial charge in [-0.15, -0.1) is 0 Å². The quantitative estimate of drug-likeness (QED) is 0.518. The molecule has 0 N–H and O–H groups in total. The second-order valence-corrected chi connectivity index (χ2v) is 1.09. The van der Waals surface area contributed by atoms with E-state index in [1.807, 2.05) is 13.0 Å². The fourth-order valence-corrected chi connectivity index (χ4v) is 0.269. The Morgan fingerprint density at radius 2 is 2.43 bits per heavy atom. The van der Waals surface area contributed by atoms with Gasteiger partial charge in [-0.2, -0.15) is 5.26 Å². The van der Waals surface area contributed by atoms with Gasteiger partial charge in [0.05, 0.1) is 0 Å². The summed E-state index contributed by atoms with van der Waals surface area (Å²) in [6, 6.07) is 1.90. The molecule has 0 aromatic rings. The first-order chi connectivity index (χ1) is 3.35. The average molecular weight is 98.1 g/mol. The minimum atomic E-state index is 0.486. The Labute approximate surface area is 43.7 Å². The van der Waals surface area contributed by atoms with Crippen LogP contribution >= 0.6 is 0 Å². The van der Waals surface area contributed by atoms with E-state index in [9.17, 15) is 0 Å². The van der Waals surface area contributed by atoms with E-state index in [0.717, 1.165) is 0 Å². The summed E-state index contributed by atoms with van der Waals surface area (Å²) in [4.78, 5) is 0. The third-order valence-corrected chi connectivity index (χ3v) is 0.692. The van der Waals surface area contributed by atoms with Gasteiger partial charge in [-0.25, -0.2) is 0 Å². The van der Waals surface area contributed by atoms with Gasteiger partial charge in [-0.3, -0.25) is 0 Å². The molecule has 0 unspecified atom stereocenters. The molecule has 0 aromatic heterocycles. The van der Waals surface area contributed by atoms with Crippen molar-refractivity contribution >= 4 is 0 Å². The molecule has 0 spiro atoms. The Morgan fingerprint density at radius 3 is 2.43 bits per heavy atom. The van der Waals surface area contributed by atoms with Gasteiger partial charge in [-0.1, -0.05) is 6.92 Å². The lowest BCUT2D eigenvalue weighted by atomic mass is 10.3.